The highest BCUT2D eigenvalue weighted by atomic mass is 32.2. The van der Waals surface area contributed by atoms with E-state index >= 15 is 0 Å². The highest BCUT2D eigenvalue weighted by molar-refractivity contribution is 7.87. The molecule has 0 aliphatic carbocycles. The molecule has 9 heteroatoms. The number of carbonyl (C=O) groups excluding carboxylic acids is 1. The molecule has 1 atom stereocenters. The van der Waals surface area contributed by atoms with Crippen LogP contribution in [0.1, 0.15) is 49.4 Å². The smallest absolute Gasteiger partial charge is 0.339 e. The molecule has 3 aromatic rings. The normalized spacial score (nSPS) is 12.1. The summed E-state index contributed by atoms with van der Waals surface area (Å²) in [5.74, 6) is 0.674. The van der Waals surface area contributed by atoms with Crippen molar-refractivity contribution >= 4 is 33.0 Å². The Kier molecular flexibility index (Phi) is 9.39. The van der Waals surface area contributed by atoms with Crippen molar-refractivity contribution in [2.75, 3.05) is 25.1 Å². The van der Waals surface area contributed by atoms with Gasteiger partial charge in [-0.05, 0) is 69.0 Å². The summed E-state index contributed by atoms with van der Waals surface area (Å²) in [4.78, 5) is 17.9. The number of anilines is 1. The Morgan fingerprint density at radius 3 is 2.28 bits per heavy atom. The molecule has 0 N–H and O–H groups in total. The van der Waals surface area contributed by atoms with Crippen LogP contribution in [0.3, 0.4) is 0 Å². The predicted molar refractivity (Wildman–Crippen MR) is 145 cm³/mol. The maximum Gasteiger partial charge on any atom is 0.339 e. The van der Waals surface area contributed by atoms with Crippen LogP contribution >= 0.6 is 11.3 Å². The van der Waals surface area contributed by atoms with Crippen molar-refractivity contribution in [3.8, 4) is 11.5 Å². The molecule has 0 radical (unpaired) electrons. The lowest BCUT2D eigenvalue weighted by Crippen LogP contribution is -2.37. The molecule has 7 nitrogen and oxygen atoms in total. The first kappa shape index (κ1) is 27.5. The number of methoxy groups -OCH3 is 1. The van der Waals surface area contributed by atoms with Gasteiger partial charge in [0.1, 0.15) is 16.4 Å². The fourth-order valence-corrected chi connectivity index (χ4v) is 5.46. The molecular formula is C27H34N2O5S2. The molecule has 36 heavy (non-hydrogen) atoms. The highest BCUT2D eigenvalue weighted by Crippen LogP contribution is 2.31. The van der Waals surface area contributed by atoms with E-state index in [-0.39, 0.29) is 29.1 Å². The van der Waals surface area contributed by atoms with Gasteiger partial charge in [0.15, 0.2) is 0 Å². The molecule has 0 aliphatic heterocycles. The van der Waals surface area contributed by atoms with Crippen molar-refractivity contribution in [1.82, 2.24) is 4.90 Å². The van der Waals surface area contributed by atoms with Crippen molar-refractivity contribution in [3.05, 3.63) is 70.4 Å². The minimum Gasteiger partial charge on any atom is -0.497 e. The zero-order chi connectivity index (χ0) is 26.3. The first-order valence-corrected chi connectivity index (χ1v) is 14.3. The van der Waals surface area contributed by atoms with Crippen LogP contribution in [0, 0.1) is 0 Å². The number of rotatable bonds is 12. The molecular weight excluding hydrogens is 496 g/mol. The lowest BCUT2D eigenvalue weighted by molar-refractivity contribution is 0.0676. The average Bonchev–Trinajstić information content (AvgIpc) is 3.43. The highest BCUT2D eigenvalue weighted by Gasteiger charge is 2.25. The van der Waals surface area contributed by atoms with Gasteiger partial charge in [-0.3, -0.25) is 4.79 Å². The molecule has 0 fully saturated rings. The van der Waals surface area contributed by atoms with Gasteiger partial charge in [0, 0.05) is 43.0 Å². The van der Waals surface area contributed by atoms with E-state index in [1.54, 1.807) is 29.2 Å². The van der Waals surface area contributed by atoms with Crippen LogP contribution in [0.25, 0.3) is 0 Å². The number of nitrogens with zero attached hydrogens (tertiary/aromatic N) is 2. The van der Waals surface area contributed by atoms with Gasteiger partial charge in [0.25, 0.3) is 5.91 Å². The van der Waals surface area contributed by atoms with E-state index in [4.69, 9.17) is 8.92 Å². The second-order valence-electron chi connectivity index (χ2n) is 8.34. The van der Waals surface area contributed by atoms with E-state index in [0.717, 1.165) is 25.2 Å². The zero-order valence-electron chi connectivity index (χ0n) is 21.4. The van der Waals surface area contributed by atoms with Gasteiger partial charge in [0.2, 0.25) is 0 Å². The number of hydrogen-bond acceptors (Lipinski definition) is 7. The summed E-state index contributed by atoms with van der Waals surface area (Å²) in [5.41, 5.74) is 1.47. The van der Waals surface area contributed by atoms with Gasteiger partial charge in [-0.1, -0.05) is 19.1 Å². The number of carbonyl (C=O) groups is 1. The molecule has 0 bridgehead atoms. The van der Waals surface area contributed by atoms with Crippen LogP contribution in [-0.4, -0.2) is 45.5 Å². The van der Waals surface area contributed by atoms with E-state index < -0.39 is 10.1 Å². The Hall–Kier alpha value is -3.04. The second-order valence-corrected chi connectivity index (χ2v) is 10.8. The molecule has 1 amide bonds. The molecule has 0 spiro atoms. The quantitative estimate of drug-likeness (QED) is 0.275. The summed E-state index contributed by atoms with van der Waals surface area (Å²) in [5, 5.41) is 1.87. The monoisotopic (exact) mass is 530 g/mol. The Bertz CT molecular complexity index is 1240. The van der Waals surface area contributed by atoms with Crippen molar-refractivity contribution < 1.29 is 22.1 Å². The van der Waals surface area contributed by atoms with Gasteiger partial charge in [0.05, 0.1) is 12.0 Å². The summed E-state index contributed by atoms with van der Waals surface area (Å²) < 4.78 is 37.3. The van der Waals surface area contributed by atoms with E-state index in [2.05, 4.69) is 4.90 Å². The molecule has 1 aromatic heterocycles. The van der Waals surface area contributed by atoms with Gasteiger partial charge >= 0.3 is 10.1 Å². The molecule has 0 unspecified atom stereocenters. The fraction of sp³-hybridized carbons (Fsp3) is 0.370. The third-order valence-electron chi connectivity index (χ3n) is 6.18. The predicted octanol–water partition coefficient (Wildman–Crippen LogP) is 5.81. The first-order chi connectivity index (χ1) is 17.2. The zero-order valence-corrected chi connectivity index (χ0v) is 23.1. The van der Waals surface area contributed by atoms with Crippen LogP contribution < -0.4 is 13.8 Å². The summed E-state index contributed by atoms with van der Waals surface area (Å²) in [6, 6.07) is 15.2. The van der Waals surface area contributed by atoms with Gasteiger partial charge in [-0.15, -0.1) is 11.3 Å². The number of amides is 1. The Balaban J connectivity index is 2.03. The van der Waals surface area contributed by atoms with Crippen molar-refractivity contribution in [2.45, 2.75) is 51.6 Å². The molecule has 0 saturated carbocycles. The second kappa shape index (κ2) is 12.3. The maximum atomic E-state index is 13.3. The van der Waals surface area contributed by atoms with Crippen molar-refractivity contribution in [2.24, 2.45) is 0 Å². The maximum absolute atomic E-state index is 13.3. The molecule has 3 rings (SSSR count). The topological polar surface area (TPSA) is 76.2 Å². The standard InChI is InChI=1S/C27H34N2O5S2/c1-6-20(4)29(27(30)26-10-9-17-35-26)19-21-11-12-22(28(7-2)8-3)18-25(21)34-36(31,32)24-15-13-23(33-5)14-16-24/h9-18,20H,6-8,19H2,1-5H3/t20-/m1/s1. The van der Waals surface area contributed by atoms with Gasteiger partial charge < -0.3 is 18.7 Å². The van der Waals surface area contributed by atoms with Gasteiger partial charge in [-0.2, -0.15) is 8.42 Å². The van der Waals surface area contributed by atoms with Crippen LogP contribution in [0.4, 0.5) is 5.69 Å². The average molecular weight is 531 g/mol. The molecule has 0 aliphatic rings. The summed E-state index contributed by atoms with van der Waals surface area (Å²) in [6.45, 7) is 9.83. The minimum absolute atomic E-state index is 0.0240. The first-order valence-electron chi connectivity index (χ1n) is 12.0. The van der Waals surface area contributed by atoms with Gasteiger partial charge in [-0.25, -0.2) is 0 Å². The van der Waals surface area contributed by atoms with Crippen LogP contribution in [0.2, 0.25) is 0 Å². The summed E-state index contributed by atoms with van der Waals surface area (Å²) >= 11 is 1.39. The number of ether oxygens (including phenoxy) is 1. The van der Waals surface area contributed by atoms with Crippen molar-refractivity contribution in [1.29, 1.82) is 0 Å². The molecule has 2 aromatic carbocycles. The molecule has 1 heterocycles. The third kappa shape index (κ3) is 6.39. The molecule has 194 valence electrons. The Morgan fingerprint density at radius 1 is 1.03 bits per heavy atom. The Morgan fingerprint density at radius 2 is 1.72 bits per heavy atom. The molecule has 0 saturated heterocycles. The van der Waals surface area contributed by atoms with Crippen LogP contribution in [-0.2, 0) is 16.7 Å². The van der Waals surface area contributed by atoms with Crippen molar-refractivity contribution in [3.63, 3.8) is 0 Å². The minimum atomic E-state index is -4.12. The van der Waals surface area contributed by atoms with E-state index in [9.17, 15) is 13.2 Å². The lowest BCUT2D eigenvalue weighted by Gasteiger charge is -2.29. The van der Waals surface area contributed by atoms with Crippen LogP contribution in [0.5, 0.6) is 11.5 Å². The largest absolute Gasteiger partial charge is 0.497 e. The van der Waals surface area contributed by atoms with E-state index in [1.165, 1.54) is 30.6 Å². The number of thiophene rings is 1. The summed E-state index contributed by atoms with van der Waals surface area (Å²) in [7, 11) is -2.60. The van der Waals surface area contributed by atoms with E-state index in [1.807, 2.05) is 51.3 Å². The summed E-state index contributed by atoms with van der Waals surface area (Å²) in [6.07, 6.45) is 0.759. The number of hydrogen-bond donors (Lipinski definition) is 0. The van der Waals surface area contributed by atoms with E-state index in [0.29, 0.717) is 16.2 Å². The third-order valence-corrected chi connectivity index (χ3v) is 8.29. The Labute approximate surface area is 218 Å². The number of benzene rings is 2. The lowest BCUT2D eigenvalue weighted by atomic mass is 10.1. The fourth-order valence-electron chi connectivity index (χ4n) is 3.82. The SMILES string of the molecule is CC[C@@H](C)N(Cc1ccc(N(CC)CC)cc1OS(=O)(=O)c1ccc(OC)cc1)C(=O)c1cccs1. The van der Waals surface area contributed by atoms with Crippen LogP contribution in [0.15, 0.2) is 64.9 Å².